The van der Waals surface area contributed by atoms with E-state index < -0.39 is 0 Å². The Labute approximate surface area is 121 Å². The van der Waals surface area contributed by atoms with E-state index in [9.17, 15) is 0 Å². The predicted molar refractivity (Wildman–Crippen MR) is 81.0 cm³/mol. The fraction of sp³-hybridized carbons (Fsp3) is 0.625. The number of nitrogens with two attached hydrogens (primary N) is 1. The van der Waals surface area contributed by atoms with Crippen molar-refractivity contribution in [2.75, 3.05) is 33.4 Å². The van der Waals surface area contributed by atoms with Gasteiger partial charge in [0.25, 0.3) is 0 Å². The Morgan fingerprint density at radius 2 is 1.90 bits per heavy atom. The highest BCUT2D eigenvalue weighted by Crippen LogP contribution is 2.26. The third-order valence-corrected chi connectivity index (χ3v) is 4.05. The minimum Gasteiger partial charge on any atom is -0.494 e. The summed E-state index contributed by atoms with van der Waals surface area (Å²) in [6, 6.07) is 8.62. The molecule has 0 amide bonds. The number of methoxy groups -OCH3 is 1. The third-order valence-electron chi connectivity index (χ3n) is 4.05. The molecule has 1 unspecified atom stereocenters. The van der Waals surface area contributed by atoms with Crippen LogP contribution >= 0.6 is 0 Å². The molecule has 1 aromatic rings. The molecule has 1 heterocycles. The normalized spacial score (nSPS) is 18.9. The second-order valence-corrected chi connectivity index (χ2v) is 5.22. The first kappa shape index (κ1) is 15.3. The minimum atomic E-state index is 0.295. The molecule has 20 heavy (non-hydrogen) atoms. The quantitative estimate of drug-likeness (QED) is 0.866. The summed E-state index contributed by atoms with van der Waals surface area (Å²) in [5.74, 6) is 0.921. The Balaban J connectivity index is 2.00. The lowest BCUT2D eigenvalue weighted by Crippen LogP contribution is -2.41. The predicted octanol–water partition coefficient (Wildman–Crippen LogP) is 2.20. The van der Waals surface area contributed by atoms with Gasteiger partial charge in [0.05, 0.1) is 12.7 Å². The molecule has 4 heteroatoms. The van der Waals surface area contributed by atoms with E-state index in [0.717, 1.165) is 31.7 Å². The van der Waals surface area contributed by atoms with Gasteiger partial charge in [-0.15, -0.1) is 0 Å². The van der Waals surface area contributed by atoms with E-state index in [1.807, 2.05) is 19.1 Å². The molecule has 4 nitrogen and oxygen atoms in total. The highest BCUT2D eigenvalue weighted by molar-refractivity contribution is 5.29. The Bertz CT molecular complexity index is 386. The highest BCUT2D eigenvalue weighted by atomic mass is 16.5. The smallest absolute Gasteiger partial charge is 0.119 e. The van der Waals surface area contributed by atoms with Crippen LogP contribution < -0.4 is 10.5 Å². The maximum Gasteiger partial charge on any atom is 0.119 e. The van der Waals surface area contributed by atoms with Gasteiger partial charge in [0, 0.05) is 32.8 Å². The van der Waals surface area contributed by atoms with Gasteiger partial charge >= 0.3 is 0 Å². The van der Waals surface area contributed by atoms with E-state index in [4.69, 9.17) is 15.2 Å². The molecular weight excluding hydrogens is 252 g/mol. The van der Waals surface area contributed by atoms with Crippen molar-refractivity contribution in [1.82, 2.24) is 4.90 Å². The van der Waals surface area contributed by atoms with Gasteiger partial charge < -0.3 is 15.2 Å². The van der Waals surface area contributed by atoms with Crippen LogP contribution in [0.2, 0.25) is 0 Å². The van der Waals surface area contributed by atoms with Crippen LogP contribution in [0.15, 0.2) is 24.3 Å². The van der Waals surface area contributed by atoms with Crippen molar-refractivity contribution in [2.24, 2.45) is 5.73 Å². The first-order chi connectivity index (χ1) is 9.78. The average molecular weight is 278 g/mol. The summed E-state index contributed by atoms with van der Waals surface area (Å²) in [5, 5.41) is 0. The molecule has 1 atom stereocenters. The molecule has 0 aliphatic carbocycles. The molecule has 1 aromatic carbocycles. The van der Waals surface area contributed by atoms with Gasteiger partial charge in [-0.2, -0.15) is 0 Å². The second-order valence-electron chi connectivity index (χ2n) is 5.22. The number of likely N-dealkylation sites (tertiary alicyclic amines) is 1. The van der Waals surface area contributed by atoms with Gasteiger partial charge in [0.2, 0.25) is 0 Å². The summed E-state index contributed by atoms with van der Waals surface area (Å²) >= 11 is 0. The monoisotopic (exact) mass is 278 g/mol. The maximum atomic E-state index is 6.00. The fourth-order valence-electron chi connectivity index (χ4n) is 2.87. The number of hydrogen-bond acceptors (Lipinski definition) is 4. The van der Waals surface area contributed by atoms with E-state index in [0.29, 0.717) is 25.3 Å². The summed E-state index contributed by atoms with van der Waals surface area (Å²) < 4.78 is 10.9. The van der Waals surface area contributed by atoms with E-state index in [1.54, 1.807) is 7.11 Å². The average Bonchev–Trinajstić information content (AvgIpc) is 2.51. The van der Waals surface area contributed by atoms with Crippen molar-refractivity contribution < 1.29 is 9.47 Å². The van der Waals surface area contributed by atoms with Crippen molar-refractivity contribution in [1.29, 1.82) is 0 Å². The Morgan fingerprint density at radius 3 is 2.40 bits per heavy atom. The van der Waals surface area contributed by atoms with Gasteiger partial charge in [-0.1, -0.05) is 12.1 Å². The van der Waals surface area contributed by atoms with Crippen LogP contribution in [0.25, 0.3) is 0 Å². The standard InChI is InChI=1S/C16H26N2O2/c1-3-20-15-6-4-13(5-7-15)16(12-17)18-10-8-14(19-2)9-11-18/h4-7,14,16H,3,8-12,17H2,1-2H3. The number of nitrogens with zero attached hydrogens (tertiary/aromatic N) is 1. The Morgan fingerprint density at radius 1 is 1.25 bits per heavy atom. The number of ether oxygens (including phenoxy) is 2. The summed E-state index contributed by atoms with van der Waals surface area (Å²) in [6.07, 6.45) is 2.58. The second kappa shape index (κ2) is 7.62. The molecule has 1 fully saturated rings. The van der Waals surface area contributed by atoms with E-state index in [-0.39, 0.29) is 0 Å². The third kappa shape index (κ3) is 3.72. The molecule has 112 valence electrons. The summed E-state index contributed by atoms with van der Waals surface area (Å²) in [6.45, 7) is 5.44. The number of rotatable bonds is 6. The Hall–Kier alpha value is -1.10. The lowest BCUT2D eigenvalue weighted by Gasteiger charge is -2.36. The molecule has 2 N–H and O–H groups in total. The summed E-state index contributed by atoms with van der Waals surface area (Å²) in [7, 11) is 1.80. The van der Waals surface area contributed by atoms with E-state index in [2.05, 4.69) is 17.0 Å². The highest BCUT2D eigenvalue weighted by Gasteiger charge is 2.25. The molecule has 1 aliphatic heterocycles. The molecule has 2 rings (SSSR count). The first-order valence-corrected chi connectivity index (χ1v) is 7.48. The Kier molecular flexibility index (Phi) is 5.83. The molecule has 0 spiro atoms. The SMILES string of the molecule is CCOc1ccc(C(CN)N2CCC(OC)CC2)cc1. The van der Waals surface area contributed by atoms with E-state index >= 15 is 0 Å². The molecule has 0 bridgehead atoms. The van der Waals surface area contributed by atoms with Crippen LogP contribution in [0.4, 0.5) is 0 Å². The van der Waals surface area contributed by atoms with Gasteiger partial charge in [-0.3, -0.25) is 4.90 Å². The van der Waals surface area contributed by atoms with Crippen LogP contribution in [0.5, 0.6) is 5.75 Å². The molecule has 0 aromatic heterocycles. The first-order valence-electron chi connectivity index (χ1n) is 7.48. The van der Waals surface area contributed by atoms with Gasteiger partial charge in [-0.25, -0.2) is 0 Å². The molecule has 1 aliphatic rings. The van der Waals surface area contributed by atoms with Crippen molar-refractivity contribution in [2.45, 2.75) is 31.9 Å². The topological polar surface area (TPSA) is 47.7 Å². The lowest BCUT2D eigenvalue weighted by atomic mass is 10.0. The van der Waals surface area contributed by atoms with Crippen LogP contribution in [0.3, 0.4) is 0 Å². The van der Waals surface area contributed by atoms with Crippen molar-refractivity contribution >= 4 is 0 Å². The number of benzene rings is 1. The summed E-state index contributed by atoms with van der Waals surface area (Å²) in [4.78, 5) is 2.46. The van der Waals surface area contributed by atoms with Crippen molar-refractivity contribution in [3.8, 4) is 5.75 Å². The zero-order valence-corrected chi connectivity index (χ0v) is 12.5. The zero-order chi connectivity index (χ0) is 14.4. The van der Waals surface area contributed by atoms with Crippen LogP contribution in [0, 0.1) is 0 Å². The number of hydrogen-bond donors (Lipinski definition) is 1. The lowest BCUT2D eigenvalue weighted by molar-refractivity contribution is 0.0280. The summed E-state index contributed by atoms with van der Waals surface area (Å²) in [5.41, 5.74) is 7.27. The van der Waals surface area contributed by atoms with Crippen LogP contribution in [-0.2, 0) is 4.74 Å². The molecule has 1 saturated heterocycles. The minimum absolute atomic E-state index is 0.295. The molecule has 0 radical (unpaired) electrons. The largest absolute Gasteiger partial charge is 0.494 e. The van der Waals surface area contributed by atoms with Gasteiger partial charge in [-0.05, 0) is 37.5 Å². The van der Waals surface area contributed by atoms with Gasteiger partial charge in [0.15, 0.2) is 0 Å². The van der Waals surface area contributed by atoms with Crippen molar-refractivity contribution in [3.05, 3.63) is 29.8 Å². The van der Waals surface area contributed by atoms with Crippen LogP contribution in [0.1, 0.15) is 31.4 Å². The van der Waals surface area contributed by atoms with E-state index in [1.165, 1.54) is 5.56 Å². The maximum absolute atomic E-state index is 6.00. The fourth-order valence-corrected chi connectivity index (χ4v) is 2.87. The number of piperidine rings is 1. The van der Waals surface area contributed by atoms with Gasteiger partial charge in [0.1, 0.15) is 5.75 Å². The zero-order valence-electron chi connectivity index (χ0n) is 12.5. The van der Waals surface area contributed by atoms with Crippen LogP contribution in [-0.4, -0.2) is 44.4 Å². The molecular formula is C16H26N2O2. The molecule has 0 saturated carbocycles. The van der Waals surface area contributed by atoms with Crippen molar-refractivity contribution in [3.63, 3.8) is 0 Å².